The van der Waals surface area contributed by atoms with Gasteiger partial charge in [0.1, 0.15) is 0 Å². The van der Waals surface area contributed by atoms with Crippen molar-refractivity contribution in [2.75, 3.05) is 33.3 Å². The molecule has 1 aromatic carbocycles. The van der Waals surface area contributed by atoms with Gasteiger partial charge in [-0.25, -0.2) is 0 Å². The minimum Gasteiger partial charge on any atom is -0.493 e. The first-order valence-corrected chi connectivity index (χ1v) is 8.21. The quantitative estimate of drug-likeness (QED) is 0.914. The molecule has 0 aromatic heterocycles. The van der Waals surface area contributed by atoms with Gasteiger partial charge in [-0.3, -0.25) is 4.79 Å². The number of nitrogens with one attached hydrogen (secondary N) is 1. The van der Waals surface area contributed by atoms with E-state index >= 15 is 0 Å². The van der Waals surface area contributed by atoms with Gasteiger partial charge in [0.05, 0.1) is 7.11 Å². The zero-order valence-electron chi connectivity index (χ0n) is 13.6. The highest BCUT2D eigenvalue weighted by molar-refractivity contribution is 5.95. The number of carbonyl (C=O) groups excluding carboxylic acids is 1. The van der Waals surface area contributed by atoms with Crippen LogP contribution in [0.3, 0.4) is 0 Å². The summed E-state index contributed by atoms with van der Waals surface area (Å²) in [5, 5.41) is 3.40. The summed E-state index contributed by atoms with van der Waals surface area (Å²) in [5.74, 6) is 1.16. The molecule has 1 aromatic rings. The summed E-state index contributed by atoms with van der Waals surface area (Å²) in [4.78, 5) is 14.5. The summed E-state index contributed by atoms with van der Waals surface area (Å²) in [6.07, 6.45) is 1.94. The Morgan fingerprint density at radius 3 is 2.46 bits per heavy atom. The van der Waals surface area contributed by atoms with Gasteiger partial charge in [-0.2, -0.15) is 8.78 Å². The molecule has 1 N–H and O–H groups in total. The van der Waals surface area contributed by atoms with Crippen molar-refractivity contribution in [3.63, 3.8) is 0 Å². The van der Waals surface area contributed by atoms with Crippen LogP contribution in [0.5, 0.6) is 11.5 Å². The molecule has 0 aliphatic carbocycles. The lowest BCUT2D eigenvalue weighted by atomic mass is 9.92. The first-order valence-electron chi connectivity index (χ1n) is 8.21. The lowest BCUT2D eigenvalue weighted by molar-refractivity contribution is -0.0512. The molecule has 0 saturated carbocycles. The van der Waals surface area contributed by atoms with Crippen molar-refractivity contribution in [2.45, 2.75) is 19.5 Å². The summed E-state index contributed by atoms with van der Waals surface area (Å²) >= 11 is 0. The van der Waals surface area contributed by atoms with E-state index in [0.717, 1.165) is 25.9 Å². The summed E-state index contributed by atoms with van der Waals surface area (Å²) in [5.41, 5.74) is 0.344. The smallest absolute Gasteiger partial charge is 0.387 e. The van der Waals surface area contributed by atoms with Gasteiger partial charge in [0.25, 0.3) is 5.91 Å². The second-order valence-electron chi connectivity index (χ2n) is 6.29. The van der Waals surface area contributed by atoms with E-state index in [9.17, 15) is 13.6 Å². The van der Waals surface area contributed by atoms with Crippen molar-refractivity contribution >= 4 is 5.91 Å². The Hall–Kier alpha value is -1.89. The number of nitrogens with zero attached hydrogens (tertiary/aromatic N) is 1. The van der Waals surface area contributed by atoms with Crippen molar-refractivity contribution < 1.29 is 23.0 Å². The molecule has 3 rings (SSSR count). The van der Waals surface area contributed by atoms with E-state index in [1.165, 1.54) is 19.2 Å². The number of amides is 1. The molecule has 0 unspecified atom stereocenters. The van der Waals surface area contributed by atoms with E-state index in [1.807, 2.05) is 4.90 Å². The number of benzene rings is 1. The van der Waals surface area contributed by atoms with Crippen molar-refractivity contribution in [2.24, 2.45) is 11.8 Å². The van der Waals surface area contributed by atoms with Gasteiger partial charge in [0.2, 0.25) is 0 Å². The molecule has 2 aliphatic heterocycles. The summed E-state index contributed by atoms with van der Waals surface area (Å²) in [6.45, 7) is 0.454. The van der Waals surface area contributed by atoms with E-state index in [0.29, 0.717) is 30.5 Å². The largest absolute Gasteiger partial charge is 0.493 e. The van der Waals surface area contributed by atoms with Crippen molar-refractivity contribution in [3.05, 3.63) is 23.8 Å². The molecule has 2 fully saturated rings. The number of methoxy groups -OCH3 is 1. The first kappa shape index (κ1) is 17.0. The van der Waals surface area contributed by atoms with E-state index in [4.69, 9.17) is 4.74 Å². The molecule has 0 bridgehead atoms. The SMILES string of the molecule is COc1ccc(C(=O)N2CC[C@@H]3CNC[C@@H]3CC2)cc1OC(F)F. The van der Waals surface area contributed by atoms with E-state index < -0.39 is 6.61 Å². The monoisotopic (exact) mass is 340 g/mol. The van der Waals surface area contributed by atoms with E-state index in [1.54, 1.807) is 6.07 Å². The fourth-order valence-corrected chi connectivity index (χ4v) is 3.60. The predicted octanol–water partition coefficient (Wildman–Crippen LogP) is 2.37. The number of hydrogen-bond donors (Lipinski definition) is 1. The van der Waals surface area contributed by atoms with Crippen molar-refractivity contribution in [1.29, 1.82) is 0 Å². The fraction of sp³-hybridized carbons (Fsp3) is 0.588. The van der Waals surface area contributed by atoms with Gasteiger partial charge >= 0.3 is 6.61 Å². The zero-order valence-corrected chi connectivity index (χ0v) is 13.6. The molecule has 2 saturated heterocycles. The molecule has 7 heteroatoms. The molecule has 24 heavy (non-hydrogen) atoms. The maximum absolute atomic E-state index is 12.7. The van der Waals surface area contributed by atoms with Gasteiger partial charge in [0.15, 0.2) is 11.5 Å². The van der Waals surface area contributed by atoms with Crippen LogP contribution in [0.25, 0.3) is 0 Å². The van der Waals surface area contributed by atoms with Crippen LogP contribution in [0.4, 0.5) is 8.78 Å². The molecular weight excluding hydrogens is 318 g/mol. The normalized spacial score (nSPS) is 23.8. The van der Waals surface area contributed by atoms with Crippen molar-refractivity contribution in [3.8, 4) is 11.5 Å². The molecule has 2 atom stereocenters. The minimum absolute atomic E-state index is 0.116. The Labute approximate surface area is 139 Å². The van der Waals surface area contributed by atoms with Crippen molar-refractivity contribution in [1.82, 2.24) is 10.2 Å². The lowest BCUT2D eigenvalue weighted by Gasteiger charge is -2.21. The Morgan fingerprint density at radius 2 is 1.88 bits per heavy atom. The van der Waals surface area contributed by atoms with Crippen LogP contribution in [-0.4, -0.2) is 50.7 Å². The molecular formula is C17H22F2N2O3. The van der Waals surface area contributed by atoms with Gasteiger partial charge in [-0.1, -0.05) is 0 Å². The number of rotatable bonds is 4. The van der Waals surface area contributed by atoms with Crippen LogP contribution in [0.15, 0.2) is 18.2 Å². The Morgan fingerprint density at radius 1 is 1.21 bits per heavy atom. The standard InChI is InChI=1S/C17H22F2N2O3/c1-23-14-3-2-11(8-15(14)24-17(18)19)16(22)21-6-4-12-9-20-10-13(12)5-7-21/h2-3,8,12-13,17,20H,4-7,9-10H2,1H3/t12-,13+. The molecule has 132 valence electrons. The second-order valence-corrected chi connectivity index (χ2v) is 6.29. The Balaban J connectivity index is 1.74. The van der Waals surface area contributed by atoms with E-state index in [-0.39, 0.29) is 17.4 Å². The molecule has 2 heterocycles. The van der Waals surface area contributed by atoms with Gasteiger partial charge in [-0.05, 0) is 56.0 Å². The maximum Gasteiger partial charge on any atom is 0.387 e. The average Bonchev–Trinajstić information content (AvgIpc) is 2.92. The number of carbonyl (C=O) groups is 1. The van der Waals surface area contributed by atoms with Crippen LogP contribution in [0.1, 0.15) is 23.2 Å². The van der Waals surface area contributed by atoms with Gasteiger partial charge in [0, 0.05) is 18.7 Å². The van der Waals surface area contributed by atoms with Crippen LogP contribution in [0.2, 0.25) is 0 Å². The summed E-state index contributed by atoms with van der Waals surface area (Å²) in [7, 11) is 1.37. The zero-order chi connectivity index (χ0) is 17.1. The summed E-state index contributed by atoms with van der Waals surface area (Å²) in [6, 6.07) is 4.41. The third-order valence-corrected chi connectivity index (χ3v) is 4.93. The third-order valence-electron chi connectivity index (χ3n) is 4.93. The van der Waals surface area contributed by atoms with Crippen LogP contribution >= 0.6 is 0 Å². The van der Waals surface area contributed by atoms with Crippen LogP contribution in [0, 0.1) is 11.8 Å². The lowest BCUT2D eigenvalue weighted by Crippen LogP contribution is -2.32. The molecule has 2 aliphatic rings. The van der Waals surface area contributed by atoms with Gasteiger partial charge in [-0.15, -0.1) is 0 Å². The van der Waals surface area contributed by atoms with Gasteiger partial charge < -0.3 is 19.7 Å². The van der Waals surface area contributed by atoms with E-state index in [2.05, 4.69) is 10.1 Å². The topological polar surface area (TPSA) is 50.8 Å². The summed E-state index contributed by atoms with van der Waals surface area (Å²) < 4.78 is 34.5. The van der Waals surface area contributed by atoms with Crippen LogP contribution < -0.4 is 14.8 Å². The van der Waals surface area contributed by atoms with Crippen LogP contribution in [-0.2, 0) is 0 Å². The molecule has 1 amide bonds. The number of halogens is 2. The number of fused-ring (bicyclic) bond motifs is 1. The molecule has 0 spiro atoms. The third kappa shape index (κ3) is 3.61. The minimum atomic E-state index is -2.96. The Kier molecular flexibility index (Phi) is 5.18. The predicted molar refractivity (Wildman–Crippen MR) is 84.6 cm³/mol. The highest BCUT2D eigenvalue weighted by Gasteiger charge is 2.31. The Bertz CT molecular complexity index is 583. The highest BCUT2D eigenvalue weighted by Crippen LogP contribution is 2.31. The number of alkyl halides is 2. The molecule has 0 radical (unpaired) electrons. The number of hydrogen-bond acceptors (Lipinski definition) is 4. The number of likely N-dealkylation sites (tertiary alicyclic amines) is 1. The molecule has 5 nitrogen and oxygen atoms in total. The number of ether oxygens (including phenoxy) is 2. The maximum atomic E-state index is 12.7. The fourth-order valence-electron chi connectivity index (χ4n) is 3.60. The highest BCUT2D eigenvalue weighted by atomic mass is 19.3. The second kappa shape index (κ2) is 7.34. The first-order chi connectivity index (χ1) is 11.6. The average molecular weight is 340 g/mol.